The standard InChI is InChI=1S/C33H36FN7O3/c1-18-6-9-26-25(15-36-37-26)27(18)28-22(20-7-8-20)13-23-30(39-11-12-40(33(43)44)19(2)16-39)24(14-35)32(42)41(31(23)29(28)34)17-21-5-4-10-38(21)3/h6,9,13,15,19-21H,4-5,7-8,10-12,16-17H2,1-3H3,(H,36,37)(H,43,44)/t19-,21+/m1/s1. The summed E-state index contributed by atoms with van der Waals surface area (Å²) in [5, 5.41) is 28.7. The number of fused-ring (bicyclic) bond motifs is 2. The zero-order chi connectivity index (χ0) is 30.9. The molecule has 7 rings (SSSR count). The number of likely N-dealkylation sites (tertiary alicyclic amines) is 1. The Balaban J connectivity index is 1.55. The minimum absolute atomic E-state index is 0.0175. The summed E-state index contributed by atoms with van der Waals surface area (Å²) in [6, 6.07) is 7.78. The smallest absolute Gasteiger partial charge is 0.407 e. The van der Waals surface area contributed by atoms with Gasteiger partial charge >= 0.3 is 6.09 Å². The number of halogens is 1. The highest BCUT2D eigenvalue weighted by molar-refractivity contribution is 6.03. The average Bonchev–Trinajstić information content (AvgIpc) is 3.59. The molecule has 2 atom stereocenters. The van der Waals surface area contributed by atoms with Crippen molar-refractivity contribution in [3.63, 3.8) is 0 Å². The summed E-state index contributed by atoms with van der Waals surface area (Å²) < 4.78 is 19.2. The van der Waals surface area contributed by atoms with Gasteiger partial charge in [0.15, 0.2) is 5.82 Å². The number of benzene rings is 2. The molecule has 1 aliphatic carbocycles. The number of nitrogens with zero attached hydrogens (tertiary/aromatic N) is 6. The van der Waals surface area contributed by atoms with Gasteiger partial charge in [0.05, 0.1) is 22.9 Å². The molecule has 4 heterocycles. The first-order chi connectivity index (χ1) is 21.2. The fourth-order valence-electron chi connectivity index (χ4n) is 7.47. The van der Waals surface area contributed by atoms with E-state index < -0.39 is 17.5 Å². The number of nitriles is 1. The highest BCUT2D eigenvalue weighted by Gasteiger charge is 2.36. The number of piperazine rings is 1. The number of nitrogens with one attached hydrogen (secondary N) is 1. The molecule has 10 nitrogen and oxygen atoms in total. The maximum atomic E-state index is 17.7. The maximum Gasteiger partial charge on any atom is 0.407 e. The van der Waals surface area contributed by atoms with E-state index in [0.717, 1.165) is 59.8 Å². The Morgan fingerprint density at radius 1 is 1.18 bits per heavy atom. The van der Waals surface area contributed by atoms with E-state index in [0.29, 0.717) is 29.7 Å². The van der Waals surface area contributed by atoms with Crippen molar-refractivity contribution in [2.45, 2.75) is 64.1 Å². The molecular weight excluding hydrogens is 561 g/mol. The number of carboxylic acid groups (broad SMARTS) is 1. The SMILES string of the molecule is Cc1ccc2[nH]ncc2c1-c1c(C2CC2)cc2c(N3CCN(C(=O)O)[C@H](C)C3)c(C#N)c(=O)n(C[C@@H]3CCCN3C)c2c1F. The number of amides is 1. The van der Waals surface area contributed by atoms with Crippen LogP contribution in [-0.4, -0.2) is 81.1 Å². The molecule has 228 valence electrons. The molecule has 0 spiro atoms. The summed E-state index contributed by atoms with van der Waals surface area (Å²) >= 11 is 0. The second-order valence-electron chi connectivity index (χ2n) is 12.7. The van der Waals surface area contributed by atoms with Gasteiger partial charge in [0, 0.05) is 54.6 Å². The van der Waals surface area contributed by atoms with Crippen LogP contribution in [0.4, 0.5) is 14.9 Å². The van der Waals surface area contributed by atoms with Crippen LogP contribution in [0.5, 0.6) is 0 Å². The Kier molecular flexibility index (Phi) is 6.85. The number of likely N-dealkylation sites (N-methyl/N-ethyl adjacent to an activating group) is 1. The molecule has 1 amide bonds. The summed E-state index contributed by atoms with van der Waals surface area (Å²) in [5.74, 6) is -0.296. The Labute approximate surface area is 254 Å². The number of rotatable bonds is 5. The number of aromatic amines is 1. The van der Waals surface area contributed by atoms with Gasteiger partial charge in [-0.05, 0) is 87.9 Å². The van der Waals surface area contributed by atoms with Gasteiger partial charge in [-0.25, -0.2) is 9.18 Å². The van der Waals surface area contributed by atoms with Crippen molar-refractivity contribution in [2.75, 3.05) is 38.1 Å². The molecule has 3 fully saturated rings. The molecular formula is C33H36FN7O3. The molecule has 2 aromatic carbocycles. The predicted octanol–water partition coefficient (Wildman–Crippen LogP) is 5.02. The number of pyridine rings is 1. The fraction of sp³-hybridized carbons (Fsp3) is 0.455. The highest BCUT2D eigenvalue weighted by atomic mass is 19.1. The van der Waals surface area contributed by atoms with Gasteiger partial charge in [-0.2, -0.15) is 10.4 Å². The van der Waals surface area contributed by atoms with Crippen LogP contribution in [0.1, 0.15) is 55.2 Å². The van der Waals surface area contributed by atoms with Crippen LogP contribution in [0, 0.1) is 24.1 Å². The third-order valence-electron chi connectivity index (χ3n) is 9.96. The van der Waals surface area contributed by atoms with E-state index in [2.05, 4.69) is 21.2 Å². The van der Waals surface area contributed by atoms with Gasteiger partial charge in [-0.1, -0.05) is 6.07 Å². The molecule has 4 aromatic rings. The van der Waals surface area contributed by atoms with Gasteiger partial charge in [0.25, 0.3) is 5.56 Å². The van der Waals surface area contributed by atoms with E-state index >= 15 is 4.39 Å². The van der Waals surface area contributed by atoms with Crippen LogP contribution in [0.15, 0.2) is 29.2 Å². The molecule has 2 aliphatic heterocycles. The monoisotopic (exact) mass is 597 g/mol. The van der Waals surface area contributed by atoms with Gasteiger partial charge < -0.3 is 24.4 Å². The molecule has 2 N–H and O–H groups in total. The van der Waals surface area contributed by atoms with Crippen LogP contribution in [0.2, 0.25) is 0 Å². The van der Waals surface area contributed by atoms with E-state index in [1.807, 2.05) is 44.0 Å². The first-order valence-corrected chi connectivity index (χ1v) is 15.4. The second kappa shape index (κ2) is 10.6. The Morgan fingerprint density at radius 2 is 1.98 bits per heavy atom. The largest absolute Gasteiger partial charge is 0.465 e. The number of hydrogen-bond acceptors (Lipinski definition) is 6. The molecule has 2 aromatic heterocycles. The number of hydrogen-bond donors (Lipinski definition) is 2. The van der Waals surface area contributed by atoms with Gasteiger partial charge in [-0.3, -0.25) is 9.89 Å². The minimum atomic E-state index is -1.01. The first kappa shape index (κ1) is 28.3. The van der Waals surface area contributed by atoms with Crippen LogP contribution >= 0.6 is 0 Å². The highest BCUT2D eigenvalue weighted by Crippen LogP contribution is 2.50. The summed E-state index contributed by atoms with van der Waals surface area (Å²) in [6.45, 7) is 5.76. The van der Waals surface area contributed by atoms with Crippen LogP contribution in [-0.2, 0) is 6.54 Å². The quantitative estimate of drug-likeness (QED) is 0.331. The predicted molar refractivity (Wildman–Crippen MR) is 167 cm³/mol. The lowest BCUT2D eigenvalue weighted by atomic mass is 9.88. The fourth-order valence-corrected chi connectivity index (χ4v) is 7.47. The molecule has 0 bridgehead atoms. The number of anilines is 1. The zero-order valence-corrected chi connectivity index (χ0v) is 25.2. The number of aromatic nitrogens is 3. The molecule has 0 unspecified atom stereocenters. The molecule has 3 aliphatic rings. The van der Waals surface area contributed by atoms with Crippen LogP contribution in [0.3, 0.4) is 0 Å². The lowest BCUT2D eigenvalue weighted by Gasteiger charge is -2.40. The van der Waals surface area contributed by atoms with E-state index in [1.165, 1.54) is 9.47 Å². The average molecular weight is 598 g/mol. The lowest BCUT2D eigenvalue weighted by Crippen LogP contribution is -2.54. The second-order valence-corrected chi connectivity index (χ2v) is 12.7. The summed E-state index contributed by atoms with van der Waals surface area (Å²) in [7, 11) is 2.02. The molecule has 11 heteroatoms. The molecule has 44 heavy (non-hydrogen) atoms. The number of carbonyl (C=O) groups is 1. The van der Waals surface area contributed by atoms with Crippen molar-refractivity contribution in [3.05, 3.63) is 57.3 Å². The summed E-state index contributed by atoms with van der Waals surface area (Å²) in [5.41, 5.74) is 3.95. The first-order valence-electron chi connectivity index (χ1n) is 15.4. The van der Waals surface area contributed by atoms with E-state index in [4.69, 9.17) is 0 Å². The van der Waals surface area contributed by atoms with Crippen molar-refractivity contribution in [3.8, 4) is 17.2 Å². The topological polar surface area (TPSA) is 121 Å². The van der Waals surface area contributed by atoms with Crippen LogP contribution in [0.25, 0.3) is 32.9 Å². The zero-order valence-electron chi connectivity index (χ0n) is 25.2. The Bertz CT molecular complexity index is 1920. The van der Waals surface area contributed by atoms with Gasteiger partial charge in [-0.15, -0.1) is 0 Å². The van der Waals surface area contributed by atoms with Gasteiger partial charge in [0.1, 0.15) is 11.6 Å². The van der Waals surface area contributed by atoms with Crippen molar-refractivity contribution in [1.29, 1.82) is 5.26 Å². The van der Waals surface area contributed by atoms with E-state index in [-0.39, 0.29) is 42.2 Å². The lowest BCUT2D eigenvalue weighted by molar-refractivity contribution is 0.123. The normalized spacial score (nSPS) is 21.0. The molecule has 0 radical (unpaired) electrons. The third kappa shape index (κ3) is 4.42. The van der Waals surface area contributed by atoms with Gasteiger partial charge in [0.2, 0.25) is 0 Å². The Morgan fingerprint density at radius 3 is 2.64 bits per heavy atom. The van der Waals surface area contributed by atoms with Crippen molar-refractivity contribution < 1.29 is 14.3 Å². The summed E-state index contributed by atoms with van der Waals surface area (Å²) in [6.07, 6.45) is 4.45. The minimum Gasteiger partial charge on any atom is -0.465 e. The summed E-state index contributed by atoms with van der Waals surface area (Å²) in [4.78, 5) is 31.6. The third-order valence-corrected chi connectivity index (χ3v) is 9.96. The van der Waals surface area contributed by atoms with E-state index in [9.17, 15) is 20.0 Å². The number of H-pyrrole nitrogens is 1. The van der Waals surface area contributed by atoms with Crippen molar-refractivity contribution in [2.24, 2.45) is 0 Å². The maximum absolute atomic E-state index is 17.7. The number of aryl methyl sites for hydroxylation is 1. The molecule has 2 saturated heterocycles. The van der Waals surface area contributed by atoms with Crippen LogP contribution < -0.4 is 10.5 Å². The van der Waals surface area contributed by atoms with E-state index in [1.54, 1.807) is 6.20 Å². The molecule has 1 saturated carbocycles. The van der Waals surface area contributed by atoms with Crippen molar-refractivity contribution in [1.82, 2.24) is 24.6 Å². The van der Waals surface area contributed by atoms with Crippen molar-refractivity contribution >= 4 is 33.6 Å². The Hall–Kier alpha value is -4.43.